The van der Waals surface area contributed by atoms with E-state index in [0.717, 1.165) is 11.3 Å². The third-order valence-electron chi connectivity index (χ3n) is 3.31. The molecule has 2 aromatic rings. The Bertz CT molecular complexity index is 647. The van der Waals surface area contributed by atoms with Crippen molar-refractivity contribution in [2.45, 2.75) is 26.5 Å². The van der Waals surface area contributed by atoms with Gasteiger partial charge >= 0.3 is 6.03 Å². The molecule has 0 saturated heterocycles. The Balaban J connectivity index is 2.14. The Morgan fingerprint density at radius 3 is 2.71 bits per heavy atom. The summed E-state index contributed by atoms with van der Waals surface area (Å²) in [6.07, 6.45) is 0.970. The van der Waals surface area contributed by atoms with Crippen LogP contribution in [-0.2, 0) is 6.54 Å². The molecule has 0 unspecified atom stereocenters. The number of para-hydroxylation sites is 1. The van der Waals surface area contributed by atoms with E-state index in [2.05, 4.69) is 10.3 Å². The summed E-state index contributed by atoms with van der Waals surface area (Å²) in [5.74, 6) is 1.21. The largest absolute Gasteiger partial charge is 0.494 e. The molecule has 0 saturated carbocycles. The maximum atomic E-state index is 12.5. The number of aliphatic hydroxyl groups excluding tert-OH is 1. The standard InChI is InChI=1S/C18H23N3O3/c1-3-24-16-9-5-4-8-15(16)13-21(12-14(2)22)18(23)20-17-10-6-7-11-19-17/h4-11,14,22H,3,12-13H2,1-2H3,(H,19,20,23)/t14-/m0/s1. The van der Waals surface area contributed by atoms with Crippen molar-refractivity contribution in [2.24, 2.45) is 0 Å². The van der Waals surface area contributed by atoms with Crippen LogP contribution in [0.3, 0.4) is 0 Å². The van der Waals surface area contributed by atoms with Gasteiger partial charge in [-0.2, -0.15) is 0 Å². The molecule has 1 atom stereocenters. The van der Waals surface area contributed by atoms with E-state index in [0.29, 0.717) is 19.0 Å². The normalized spacial score (nSPS) is 11.6. The second-order valence-corrected chi connectivity index (χ2v) is 5.42. The number of amides is 2. The topological polar surface area (TPSA) is 74.7 Å². The number of aromatic nitrogens is 1. The monoisotopic (exact) mass is 329 g/mol. The lowest BCUT2D eigenvalue weighted by atomic mass is 10.2. The predicted molar refractivity (Wildman–Crippen MR) is 93.0 cm³/mol. The second kappa shape index (κ2) is 8.88. The van der Waals surface area contributed by atoms with Gasteiger partial charge in [-0.15, -0.1) is 0 Å². The first-order chi connectivity index (χ1) is 11.6. The number of aliphatic hydroxyl groups is 1. The first kappa shape index (κ1) is 17.7. The molecule has 128 valence electrons. The smallest absolute Gasteiger partial charge is 0.323 e. The fraction of sp³-hybridized carbons (Fsp3) is 0.333. The molecule has 2 amide bonds. The highest BCUT2D eigenvalue weighted by Gasteiger charge is 2.18. The number of hydrogen-bond donors (Lipinski definition) is 2. The Hall–Kier alpha value is -2.60. The average Bonchev–Trinajstić information content (AvgIpc) is 2.56. The third kappa shape index (κ3) is 5.24. The molecular weight excluding hydrogens is 306 g/mol. The average molecular weight is 329 g/mol. The number of ether oxygens (including phenoxy) is 1. The molecule has 1 aromatic heterocycles. The number of pyridine rings is 1. The lowest BCUT2D eigenvalue weighted by Crippen LogP contribution is -2.39. The van der Waals surface area contributed by atoms with Crippen molar-refractivity contribution in [1.29, 1.82) is 0 Å². The fourth-order valence-corrected chi connectivity index (χ4v) is 2.30. The predicted octanol–water partition coefficient (Wildman–Crippen LogP) is 2.90. The van der Waals surface area contributed by atoms with Crippen molar-refractivity contribution in [3.8, 4) is 5.75 Å². The summed E-state index contributed by atoms with van der Waals surface area (Å²) in [5, 5.41) is 12.5. The van der Waals surface area contributed by atoms with Gasteiger partial charge in [-0.25, -0.2) is 9.78 Å². The van der Waals surface area contributed by atoms with Gasteiger partial charge in [0.1, 0.15) is 11.6 Å². The number of anilines is 1. The minimum atomic E-state index is -0.640. The van der Waals surface area contributed by atoms with Gasteiger partial charge in [-0.05, 0) is 32.0 Å². The Morgan fingerprint density at radius 1 is 1.29 bits per heavy atom. The maximum Gasteiger partial charge on any atom is 0.323 e. The zero-order valence-corrected chi connectivity index (χ0v) is 14.0. The molecule has 0 radical (unpaired) electrons. The van der Waals surface area contributed by atoms with E-state index in [4.69, 9.17) is 4.74 Å². The zero-order valence-electron chi connectivity index (χ0n) is 14.0. The van der Waals surface area contributed by atoms with Crippen LogP contribution in [0.5, 0.6) is 5.75 Å². The Labute approximate surface area is 142 Å². The Kier molecular flexibility index (Phi) is 6.57. The minimum Gasteiger partial charge on any atom is -0.494 e. The fourth-order valence-electron chi connectivity index (χ4n) is 2.30. The molecule has 0 spiro atoms. The van der Waals surface area contributed by atoms with E-state index in [9.17, 15) is 9.90 Å². The molecular formula is C18H23N3O3. The number of benzene rings is 1. The lowest BCUT2D eigenvalue weighted by Gasteiger charge is -2.25. The SMILES string of the molecule is CCOc1ccccc1CN(C[C@H](C)O)C(=O)Nc1ccccn1. The van der Waals surface area contributed by atoms with Gasteiger partial charge in [0.25, 0.3) is 0 Å². The van der Waals surface area contributed by atoms with E-state index >= 15 is 0 Å². The van der Waals surface area contributed by atoms with Crippen molar-refractivity contribution in [2.75, 3.05) is 18.5 Å². The summed E-state index contributed by atoms with van der Waals surface area (Å²) in [4.78, 5) is 18.2. The zero-order chi connectivity index (χ0) is 17.4. The summed E-state index contributed by atoms with van der Waals surface area (Å²) in [6, 6.07) is 12.5. The molecule has 0 aliphatic carbocycles. The van der Waals surface area contributed by atoms with Crippen LogP contribution >= 0.6 is 0 Å². The van der Waals surface area contributed by atoms with Crippen molar-refractivity contribution in [3.63, 3.8) is 0 Å². The molecule has 0 fully saturated rings. The molecule has 1 aromatic carbocycles. The summed E-state index contributed by atoms with van der Waals surface area (Å²) < 4.78 is 5.61. The molecule has 0 bridgehead atoms. The summed E-state index contributed by atoms with van der Waals surface area (Å²) >= 11 is 0. The minimum absolute atomic E-state index is 0.207. The van der Waals surface area contributed by atoms with Crippen molar-refractivity contribution in [3.05, 3.63) is 54.2 Å². The van der Waals surface area contributed by atoms with Crippen LogP contribution in [0.4, 0.5) is 10.6 Å². The molecule has 0 aliphatic rings. The number of hydrogen-bond acceptors (Lipinski definition) is 4. The van der Waals surface area contributed by atoms with Crippen LogP contribution in [0.15, 0.2) is 48.7 Å². The van der Waals surface area contributed by atoms with E-state index in [-0.39, 0.29) is 12.6 Å². The number of nitrogens with zero attached hydrogens (tertiary/aromatic N) is 2. The van der Waals surface area contributed by atoms with Crippen molar-refractivity contribution >= 4 is 11.8 Å². The maximum absolute atomic E-state index is 12.5. The second-order valence-electron chi connectivity index (χ2n) is 5.42. The van der Waals surface area contributed by atoms with E-state index in [1.807, 2.05) is 31.2 Å². The van der Waals surface area contributed by atoms with Crippen LogP contribution in [0, 0.1) is 0 Å². The number of urea groups is 1. The molecule has 1 heterocycles. The van der Waals surface area contributed by atoms with Crippen LogP contribution < -0.4 is 10.1 Å². The van der Waals surface area contributed by atoms with Crippen molar-refractivity contribution < 1.29 is 14.6 Å². The van der Waals surface area contributed by atoms with E-state index < -0.39 is 6.10 Å². The van der Waals surface area contributed by atoms with E-state index in [1.165, 1.54) is 4.90 Å². The quantitative estimate of drug-likeness (QED) is 0.819. The van der Waals surface area contributed by atoms with Crippen LogP contribution in [-0.4, -0.2) is 40.3 Å². The van der Waals surface area contributed by atoms with Gasteiger partial charge in [-0.3, -0.25) is 5.32 Å². The summed E-state index contributed by atoms with van der Waals surface area (Å²) in [5.41, 5.74) is 0.885. The van der Waals surface area contributed by atoms with Crippen LogP contribution in [0.1, 0.15) is 19.4 Å². The highest BCUT2D eigenvalue weighted by atomic mass is 16.5. The first-order valence-electron chi connectivity index (χ1n) is 7.96. The van der Waals surface area contributed by atoms with Crippen LogP contribution in [0.25, 0.3) is 0 Å². The Morgan fingerprint density at radius 2 is 2.04 bits per heavy atom. The van der Waals surface area contributed by atoms with Gasteiger partial charge in [0.2, 0.25) is 0 Å². The van der Waals surface area contributed by atoms with Gasteiger partial charge in [0, 0.05) is 18.3 Å². The molecule has 2 N–H and O–H groups in total. The number of carbonyl (C=O) groups excluding carboxylic acids is 1. The summed E-state index contributed by atoms with van der Waals surface area (Å²) in [7, 11) is 0. The lowest BCUT2D eigenvalue weighted by molar-refractivity contribution is 0.135. The molecule has 0 aliphatic heterocycles. The van der Waals surface area contributed by atoms with Gasteiger partial charge in [0.15, 0.2) is 0 Å². The highest BCUT2D eigenvalue weighted by molar-refractivity contribution is 5.88. The van der Waals surface area contributed by atoms with Gasteiger partial charge in [-0.1, -0.05) is 24.3 Å². The first-order valence-corrected chi connectivity index (χ1v) is 7.96. The molecule has 6 nitrogen and oxygen atoms in total. The number of nitrogens with one attached hydrogen (secondary N) is 1. The highest BCUT2D eigenvalue weighted by Crippen LogP contribution is 2.20. The number of rotatable bonds is 7. The van der Waals surface area contributed by atoms with E-state index in [1.54, 1.807) is 31.3 Å². The third-order valence-corrected chi connectivity index (χ3v) is 3.31. The molecule has 24 heavy (non-hydrogen) atoms. The molecule has 2 rings (SSSR count). The number of carbonyl (C=O) groups is 1. The summed E-state index contributed by atoms with van der Waals surface area (Å²) in [6.45, 7) is 4.65. The molecule has 6 heteroatoms. The van der Waals surface area contributed by atoms with Crippen molar-refractivity contribution in [1.82, 2.24) is 9.88 Å². The van der Waals surface area contributed by atoms with Gasteiger partial charge in [0.05, 0.1) is 19.3 Å². The van der Waals surface area contributed by atoms with Crippen LogP contribution in [0.2, 0.25) is 0 Å². The van der Waals surface area contributed by atoms with Gasteiger partial charge < -0.3 is 14.7 Å².